The fourth-order valence-electron chi connectivity index (χ4n) is 3.44. The number of nitrogens with one attached hydrogen (secondary N) is 1. The van der Waals surface area contributed by atoms with Gasteiger partial charge in [0.25, 0.3) is 0 Å². The number of allylic oxidation sites excluding steroid dienone is 3. The molecule has 0 aromatic heterocycles. The fraction of sp³-hybridized carbons (Fsp3) is 0.208. The number of carbonyl (C=O) groups is 2. The van der Waals surface area contributed by atoms with Crippen molar-refractivity contribution in [2.75, 3.05) is 5.75 Å². The predicted octanol–water partition coefficient (Wildman–Crippen LogP) is 5.66. The minimum Gasteiger partial charge on any atom is -0.353 e. The number of benzene rings is 2. The van der Waals surface area contributed by atoms with E-state index in [-0.39, 0.29) is 17.3 Å². The Kier molecular flexibility index (Phi) is 6.96. The summed E-state index contributed by atoms with van der Waals surface area (Å²) in [5.74, 6) is -0.350. The second kappa shape index (κ2) is 9.46. The van der Waals surface area contributed by atoms with Gasteiger partial charge in [0.05, 0.1) is 28.3 Å². The van der Waals surface area contributed by atoms with E-state index in [4.69, 9.17) is 0 Å². The molecule has 0 fully saturated rings. The van der Waals surface area contributed by atoms with Gasteiger partial charge < -0.3 is 5.32 Å². The van der Waals surface area contributed by atoms with Crippen LogP contribution in [0.2, 0.25) is 0 Å². The zero-order chi connectivity index (χ0) is 21.8. The van der Waals surface area contributed by atoms with Crippen molar-refractivity contribution in [2.45, 2.75) is 26.7 Å². The van der Waals surface area contributed by atoms with Crippen molar-refractivity contribution in [2.24, 2.45) is 0 Å². The number of rotatable bonds is 6. The van der Waals surface area contributed by atoms with Crippen molar-refractivity contribution in [3.05, 3.63) is 91.6 Å². The third-order valence-electron chi connectivity index (χ3n) is 4.95. The lowest BCUT2D eigenvalue weighted by Gasteiger charge is -2.29. The second-order valence-corrected chi connectivity index (χ2v) is 9.04. The van der Waals surface area contributed by atoms with Gasteiger partial charge in [-0.2, -0.15) is 5.26 Å². The highest BCUT2D eigenvalue weighted by Crippen LogP contribution is 2.41. The highest BCUT2D eigenvalue weighted by molar-refractivity contribution is 9.10. The second-order valence-electron chi connectivity index (χ2n) is 7.14. The number of thioether (sulfide) groups is 1. The van der Waals surface area contributed by atoms with Gasteiger partial charge >= 0.3 is 0 Å². The first-order valence-corrected chi connectivity index (χ1v) is 11.2. The summed E-state index contributed by atoms with van der Waals surface area (Å²) in [5.41, 5.74) is 4.34. The Labute approximate surface area is 189 Å². The Morgan fingerprint density at radius 3 is 2.30 bits per heavy atom. The van der Waals surface area contributed by atoms with Crippen LogP contribution in [0.3, 0.4) is 0 Å². The van der Waals surface area contributed by atoms with E-state index in [1.165, 1.54) is 18.7 Å². The van der Waals surface area contributed by atoms with Crippen molar-refractivity contribution < 1.29 is 9.59 Å². The number of carbonyl (C=O) groups excluding carboxylic acids is 2. The van der Waals surface area contributed by atoms with Crippen LogP contribution in [-0.2, 0) is 4.79 Å². The minimum absolute atomic E-state index is 0.00854. The molecular weight excluding hydrogens is 460 g/mol. The lowest BCUT2D eigenvalue weighted by molar-refractivity contribution is -0.113. The van der Waals surface area contributed by atoms with Crippen LogP contribution in [0.5, 0.6) is 0 Å². The van der Waals surface area contributed by atoms with E-state index in [1.54, 1.807) is 0 Å². The van der Waals surface area contributed by atoms with Crippen LogP contribution in [-0.4, -0.2) is 17.3 Å². The van der Waals surface area contributed by atoms with Crippen LogP contribution in [0.4, 0.5) is 0 Å². The molecule has 2 aromatic rings. The van der Waals surface area contributed by atoms with Crippen LogP contribution in [0, 0.1) is 18.3 Å². The molecule has 1 aliphatic rings. The Hall–Kier alpha value is -2.62. The molecule has 0 amide bonds. The third kappa shape index (κ3) is 4.75. The van der Waals surface area contributed by atoms with E-state index in [1.807, 2.05) is 62.4 Å². The third-order valence-corrected chi connectivity index (χ3v) is 6.50. The van der Waals surface area contributed by atoms with E-state index < -0.39 is 5.92 Å². The zero-order valence-electron chi connectivity index (χ0n) is 17.0. The molecular formula is C24H21BrN2O2S. The molecule has 1 heterocycles. The summed E-state index contributed by atoms with van der Waals surface area (Å²) in [5, 5.41) is 13.8. The minimum atomic E-state index is -0.459. The van der Waals surface area contributed by atoms with Gasteiger partial charge in [-0.15, -0.1) is 0 Å². The van der Waals surface area contributed by atoms with Crippen molar-refractivity contribution >= 4 is 39.3 Å². The Morgan fingerprint density at radius 2 is 1.73 bits per heavy atom. The topological polar surface area (TPSA) is 70.0 Å². The van der Waals surface area contributed by atoms with Crippen LogP contribution in [0.15, 0.2) is 74.9 Å². The summed E-state index contributed by atoms with van der Waals surface area (Å²) in [7, 11) is 0. The average molecular weight is 481 g/mol. The number of Topliss-reactive ketones (excluding diaryl/α,β-unsaturated/α-hetero) is 2. The summed E-state index contributed by atoms with van der Waals surface area (Å²) in [6.07, 6.45) is 0. The van der Waals surface area contributed by atoms with Crippen molar-refractivity contribution in [1.82, 2.24) is 5.32 Å². The molecule has 152 valence electrons. The molecule has 1 unspecified atom stereocenters. The van der Waals surface area contributed by atoms with E-state index in [2.05, 4.69) is 27.3 Å². The van der Waals surface area contributed by atoms with E-state index in [9.17, 15) is 14.9 Å². The standard InChI is InChI=1S/C24H21BrN2O2S/c1-14-4-6-17(7-5-14)21(29)13-30-24-20(12-26)23(18-8-10-19(25)11-9-18)22(16(3)28)15(2)27-24/h4-11,23,27H,13H2,1-3H3. The Bertz CT molecular complexity index is 1090. The summed E-state index contributed by atoms with van der Waals surface area (Å²) < 4.78 is 0.922. The van der Waals surface area contributed by atoms with Crippen LogP contribution < -0.4 is 5.32 Å². The molecule has 3 rings (SSSR count). The van der Waals surface area contributed by atoms with Gasteiger partial charge in [0.15, 0.2) is 11.6 Å². The van der Waals surface area contributed by atoms with Gasteiger partial charge in [-0.3, -0.25) is 9.59 Å². The summed E-state index contributed by atoms with van der Waals surface area (Å²) >= 11 is 4.72. The lowest BCUT2D eigenvalue weighted by Crippen LogP contribution is -2.27. The highest BCUT2D eigenvalue weighted by Gasteiger charge is 2.33. The molecule has 0 saturated carbocycles. The maximum Gasteiger partial charge on any atom is 0.173 e. The van der Waals surface area contributed by atoms with Crippen LogP contribution >= 0.6 is 27.7 Å². The molecule has 2 aromatic carbocycles. The largest absolute Gasteiger partial charge is 0.353 e. The number of nitriles is 1. The Balaban J connectivity index is 1.94. The quantitative estimate of drug-likeness (QED) is 0.540. The first-order valence-electron chi connectivity index (χ1n) is 9.43. The molecule has 6 heteroatoms. The normalized spacial score (nSPS) is 16.2. The number of hydrogen-bond donors (Lipinski definition) is 1. The number of aryl methyl sites for hydroxylation is 1. The molecule has 0 aliphatic carbocycles. The van der Waals surface area contributed by atoms with Crippen LogP contribution in [0.25, 0.3) is 0 Å². The summed E-state index contributed by atoms with van der Waals surface area (Å²) in [6, 6.07) is 17.3. The summed E-state index contributed by atoms with van der Waals surface area (Å²) in [6.45, 7) is 5.32. The number of halogens is 1. The van der Waals surface area contributed by atoms with Crippen LogP contribution in [0.1, 0.15) is 41.3 Å². The first-order chi connectivity index (χ1) is 14.3. The van der Waals surface area contributed by atoms with Gasteiger partial charge in [0, 0.05) is 21.3 Å². The van der Waals surface area contributed by atoms with Gasteiger partial charge in [-0.25, -0.2) is 0 Å². The molecule has 1 aliphatic heterocycles. The van der Waals surface area contributed by atoms with Gasteiger partial charge in [0.1, 0.15) is 0 Å². The number of hydrogen-bond acceptors (Lipinski definition) is 5. The molecule has 30 heavy (non-hydrogen) atoms. The Morgan fingerprint density at radius 1 is 1.10 bits per heavy atom. The number of ketones is 2. The number of nitrogens with zero attached hydrogens (tertiary/aromatic N) is 1. The maximum absolute atomic E-state index is 12.6. The maximum atomic E-state index is 12.6. The lowest BCUT2D eigenvalue weighted by atomic mass is 9.81. The predicted molar refractivity (Wildman–Crippen MR) is 124 cm³/mol. The fourth-order valence-corrected chi connectivity index (χ4v) is 4.69. The highest BCUT2D eigenvalue weighted by atomic mass is 79.9. The van der Waals surface area contributed by atoms with Gasteiger partial charge in [-0.05, 0) is 38.5 Å². The number of dihydropyridines is 1. The molecule has 1 atom stereocenters. The summed E-state index contributed by atoms with van der Waals surface area (Å²) in [4.78, 5) is 25.0. The van der Waals surface area contributed by atoms with Gasteiger partial charge in [0.2, 0.25) is 0 Å². The molecule has 1 N–H and O–H groups in total. The molecule has 0 radical (unpaired) electrons. The van der Waals surface area contributed by atoms with Crippen molar-refractivity contribution in [3.8, 4) is 6.07 Å². The van der Waals surface area contributed by atoms with E-state index in [0.717, 1.165) is 15.6 Å². The first kappa shape index (κ1) is 22.1. The van der Waals surface area contributed by atoms with Crippen molar-refractivity contribution in [3.63, 3.8) is 0 Å². The van der Waals surface area contributed by atoms with Gasteiger partial charge in [-0.1, -0.05) is 69.7 Å². The molecule has 0 bridgehead atoms. The smallest absolute Gasteiger partial charge is 0.173 e. The molecule has 0 spiro atoms. The SMILES string of the molecule is CC(=O)C1=C(C)NC(SCC(=O)c2ccc(C)cc2)=C(C#N)C1c1ccc(Br)cc1. The van der Waals surface area contributed by atoms with Crippen molar-refractivity contribution in [1.29, 1.82) is 5.26 Å². The van der Waals surface area contributed by atoms with E-state index in [0.29, 0.717) is 27.4 Å². The molecule has 4 nitrogen and oxygen atoms in total. The van der Waals surface area contributed by atoms with E-state index >= 15 is 0 Å². The molecule has 0 saturated heterocycles. The average Bonchev–Trinajstić information content (AvgIpc) is 2.72. The monoisotopic (exact) mass is 480 g/mol. The zero-order valence-corrected chi connectivity index (χ0v) is 19.4.